The summed E-state index contributed by atoms with van der Waals surface area (Å²) in [6.07, 6.45) is 6.80. The maximum absolute atomic E-state index is 2.32. The van der Waals surface area contributed by atoms with Gasteiger partial charge in [0.05, 0.1) is 6.07 Å². The average molecular weight is 136 g/mol. The molecule has 1 aliphatic rings. The van der Waals surface area contributed by atoms with Crippen LogP contribution in [0.25, 0.3) is 0 Å². The Morgan fingerprint density at radius 2 is 2.30 bits per heavy atom. The topological polar surface area (TPSA) is 7.76 Å². The van der Waals surface area contributed by atoms with Crippen LogP contribution in [0.1, 0.15) is 12.2 Å². The van der Waals surface area contributed by atoms with Crippen LogP contribution in [0.15, 0.2) is 18.5 Å². The normalized spacial score (nSPS) is 15.3. The van der Waals surface area contributed by atoms with Crippen LogP contribution < -0.4 is 9.13 Å². The van der Waals surface area contributed by atoms with Gasteiger partial charge in [-0.25, -0.2) is 0 Å². The first-order chi connectivity index (χ1) is 4.88. The molecule has 1 aromatic heterocycles. The van der Waals surface area contributed by atoms with Gasteiger partial charge in [0.25, 0.3) is 0 Å². The molecular weight excluding hydrogens is 124 g/mol. The van der Waals surface area contributed by atoms with Gasteiger partial charge in [-0.2, -0.15) is 0 Å². The molecule has 0 unspecified atom stereocenters. The van der Waals surface area contributed by atoms with E-state index in [2.05, 4.69) is 34.6 Å². The molecule has 0 fully saturated rings. The highest BCUT2D eigenvalue weighted by molar-refractivity contribution is 4.73. The summed E-state index contributed by atoms with van der Waals surface area (Å²) in [6, 6.07) is 2.09. The fourth-order valence-corrected chi connectivity index (χ4v) is 1.58. The van der Waals surface area contributed by atoms with Gasteiger partial charge in [-0.1, -0.05) is 0 Å². The first-order valence-electron chi connectivity index (χ1n) is 3.75. The van der Waals surface area contributed by atoms with Crippen LogP contribution >= 0.6 is 0 Å². The molecule has 0 atom stereocenters. The predicted molar refractivity (Wildman–Crippen MR) is 36.1 cm³/mol. The molecule has 2 heteroatoms. The first-order valence-corrected chi connectivity index (χ1v) is 3.75. The minimum atomic E-state index is 1.20. The zero-order chi connectivity index (χ0) is 6.97. The van der Waals surface area contributed by atoms with Crippen molar-refractivity contribution in [2.24, 2.45) is 7.05 Å². The Morgan fingerprint density at radius 1 is 1.40 bits per heavy atom. The molecule has 2 nitrogen and oxygen atoms in total. The molecule has 0 radical (unpaired) electrons. The number of aromatic nitrogens is 2. The Labute approximate surface area is 60.7 Å². The van der Waals surface area contributed by atoms with Crippen LogP contribution in [0.5, 0.6) is 0 Å². The second-order valence-electron chi connectivity index (χ2n) is 2.81. The fraction of sp³-hybridized carbons (Fsp3) is 0.500. The van der Waals surface area contributed by atoms with Gasteiger partial charge in [-0.3, -0.25) is 0 Å². The molecule has 0 amide bonds. The van der Waals surface area contributed by atoms with Crippen molar-refractivity contribution in [1.29, 1.82) is 0 Å². The Kier molecular flexibility index (Phi) is 1.19. The summed E-state index contributed by atoms with van der Waals surface area (Å²) >= 11 is 0. The first kappa shape index (κ1) is 5.83. The highest BCUT2D eigenvalue weighted by Crippen LogP contribution is 1.98. The highest BCUT2D eigenvalue weighted by Gasteiger charge is 2.26. The Morgan fingerprint density at radius 3 is 3.10 bits per heavy atom. The maximum atomic E-state index is 2.32. The van der Waals surface area contributed by atoms with Crippen LogP contribution in [0.4, 0.5) is 0 Å². The molecule has 10 heavy (non-hydrogen) atoms. The van der Waals surface area contributed by atoms with Crippen molar-refractivity contribution in [1.82, 2.24) is 0 Å². The summed E-state index contributed by atoms with van der Waals surface area (Å²) in [5.41, 5.74) is 0. The number of rotatable bonds is 0. The lowest BCUT2D eigenvalue weighted by atomic mass is 10.3. The van der Waals surface area contributed by atoms with Crippen molar-refractivity contribution >= 4 is 0 Å². The van der Waals surface area contributed by atoms with Crippen molar-refractivity contribution in [2.45, 2.75) is 19.4 Å². The largest absolute Gasteiger partial charge is 0.417 e. The summed E-state index contributed by atoms with van der Waals surface area (Å²) in [5.74, 6) is 1.45. The van der Waals surface area contributed by atoms with E-state index in [0.717, 1.165) is 0 Å². The Balaban J connectivity index is 2.59. The molecule has 0 saturated heterocycles. The van der Waals surface area contributed by atoms with Gasteiger partial charge in [0, 0.05) is 6.42 Å². The van der Waals surface area contributed by atoms with E-state index in [1.165, 1.54) is 25.2 Å². The monoisotopic (exact) mass is 136 g/mol. The van der Waals surface area contributed by atoms with E-state index in [1.54, 1.807) is 0 Å². The molecular formula is C8H12N2+2. The molecule has 0 spiro atoms. The zero-order valence-corrected chi connectivity index (χ0v) is 6.25. The van der Waals surface area contributed by atoms with E-state index in [1.807, 2.05) is 0 Å². The third-order valence-electron chi connectivity index (χ3n) is 2.11. The summed E-state index contributed by atoms with van der Waals surface area (Å²) in [4.78, 5) is 0. The van der Waals surface area contributed by atoms with Gasteiger partial charge in [0.1, 0.15) is 13.5 Å². The highest BCUT2D eigenvalue weighted by atomic mass is 15.1. The maximum Gasteiger partial charge on any atom is 0.417 e. The zero-order valence-electron chi connectivity index (χ0n) is 6.25. The van der Waals surface area contributed by atoms with Crippen molar-refractivity contribution in [3.05, 3.63) is 24.3 Å². The summed E-state index contributed by atoms with van der Waals surface area (Å²) in [5, 5.41) is 0. The molecule has 2 heterocycles. The number of fused-ring (bicyclic) bond motifs is 1. The molecule has 52 valence electrons. The second kappa shape index (κ2) is 2.04. The van der Waals surface area contributed by atoms with E-state index in [-0.39, 0.29) is 0 Å². The van der Waals surface area contributed by atoms with Crippen molar-refractivity contribution in [3.8, 4) is 0 Å². The number of nitrogens with zero attached hydrogens (tertiary/aromatic N) is 2. The minimum absolute atomic E-state index is 1.20. The lowest BCUT2D eigenvalue weighted by Crippen LogP contribution is -2.47. The quantitative estimate of drug-likeness (QED) is 0.434. The van der Waals surface area contributed by atoms with Crippen molar-refractivity contribution in [2.75, 3.05) is 0 Å². The van der Waals surface area contributed by atoms with E-state index < -0.39 is 0 Å². The lowest BCUT2D eigenvalue weighted by Gasteiger charge is -1.87. The Hall–Kier alpha value is -0.920. The molecule has 0 saturated carbocycles. The Bertz CT molecular complexity index is 255. The molecule has 2 rings (SSSR count). The van der Waals surface area contributed by atoms with Crippen molar-refractivity contribution in [3.63, 3.8) is 0 Å². The lowest BCUT2D eigenvalue weighted by molar-refractivity contribution is -0.816. The minimum Gasteiger partial charge on any atom is -0.150 e. The van der Waals surface area contributed by atoms with Gasteiger partial charge in [-0.05, 0) is 0 Å². The van der Waals surface area contributed by atoms with Crippen LogP contribution in [-0.2, 0) is 20.0 Å². The van der Waals surface area contributed by atoms with Gasteiger partial charge < -0.3 is 0 Å². The third-order valence-corrected chi connectivity index (χ3v) is 2.11. The number of hydrogen-bond acceptors (Lipinski definition) is 0. The molecule has 1 aliphatic heterocycles. The molecule has 0 N–H and O–H groups in total. The molecule has 0 aromatic carbocycles. The van der Waals surface area contributed by atoms with E-state index >= 15 is 0 Å². The standard InChI is InChI=1S/C8H12N2/c1-9-5-3-7-10-6-2-4-8(9)10/h3,5,7H,2,4,6H2,1H3/q+2. The van der Waals surface area contributed by atoms with Gasteiger partial charge in [-0.15, -0.1) is 9.13 Å². The van der Waals surface area contributed by atoms with Gasteiger partial charge in [0.15, 0.2) is 18.9 Å². The smallest absolute Gasteiger partial charge is 0.150 e. The second-order valence-corrected chi connectivity index (χ2v) is 2.81. The summed E-state index contributed by atoms with van der Waals surface area (Å²) < 4.78 is 4.52. The van der Waals surface area contributed by atoms with Crippen LogP contribution in [0.2, 0.25) is 0 Å². The van der Waals surface area contributed by atoms with E-state index in [4.69, 9.17) is 0 Å². The molecule has 1 aromatic rings. The average Bonchev–Trinajstić information content (AvgIpc) is 2.36. The van der Waals surface area contributed by atoms with Gasteiger partial charge in [0.2, 0.25) is 0 Å². The van der Waals surface area contributed by atoms with Crippen LogP contribution in [0.3, 0.4) is 0 Å². The van der Waals surface area contributed by atoms with Crippen LogP contribution in [0, 0.1) is 0 Å². The summed E-state index contributed by atoms with van der Waals surface area (Å²) in [6.45, 7) is 1.20. The summed E-state index contributed by atoms with van der Waals surface area (Å²) in [7, 11) is 2.11. The van der Waals surface area contributed by atoms with E-state index in [0.29, 0.717) is 0 Å². The van der Waals surface area contributed by atoms with Gasteiger partial charge >= 0.3 is 5.82 Å². The predicted octanol–water partition coefficient (Wildman–Crippen LogP) is -0.255. The number of hydrogen-bond donors (Lipinski definition) is 0. The SMILES string of the molecule is C[n+]1ccc[n+]2c1CCC2. The fourth-order valence-electron chi connectivity index (χ4n) is 1.58. The number of aryl methyl sites for hydroxylation is 2. The van der Waals surface area contributed by atoms with E-state index in [9.17, 15) is 0 Å². The molecule has 0 aliphatic carbocycles. The van der Waals surface area contributed by atoms with Crippen LogP contribution in [-0.4, -0.2) is 0 Å². The third kappa shape index (κ3) is 0.719. The van der Waals surface area contributed by atoms with Crippen molar-refractivity contribution < 1.29 is 9.13 Å². The molecule has 0 bridgehead atoms.